The number of fused-ring (bicyclic) bond motifs is 1. The van der Waals surface area contributed by atoms with Gasteiger partial charge in [0, 0.05) is 17.3 Å². The normalized spacial score (nSPS) is 15.6. The predicted octanol–water partition coefficient (Wildman–Crippen LogP) is 3.71. The van der Waals surface area contributed by atoms with Gasteiger partial charge < -0.3 is 10.3 Å². The summed E-state index contributed by atoms with van der Waals surface area (Å²) in [4.78, 5) is 19.8. The highest BCUT2D eigenvalue weighted by atomic mass is 32.2. The lowest BCUT2D eigenvalue weighted by atomic mass is 9.77. The predicted molar refractivity (Wildman–Crippen MR) is 123 cm³/mol. The van der Waals surface area contributed by atoms with Crippen molar-refractivity contribution in [1.29, 1.82) is 0 Å². The Kier molecular flexibility index (Phi) is 5.92. The first-order chi connectivity index (χ1) is 16.5. The van der Waals surface area contributed by atoms with Gasteiger partial charge in [-0.3, -0.25) is 0 Å². The SMILES string of the molecule is O=[SH](=O)NC1(c2ccc(F)c(Nc3ncccc3-c3ncnc4[nH]cnc34)c2F)CCCCC1. The van der Waals surface area contributed by atoms with E-state index in [0.29, 0.717) is 35.3 Å². The number of nitrogens with one attached hydrogen (secondary N) is 3. The number of thiol groups is 1. The molecule has 3 heterocycles. The summed E-state index contributed by atoms with van der Waals surface area (Å²) in [7, 11) is -2.99. The molecule has 3 N–H and O–H groups in total. The Hall–Kier alpha value is -3.51. The Morgan fingerprint density at radius 3 is 2.62 bits per heavy atom. The monoisotopic (exact) mass is 485 g/mol. The minimum atomic E-state index is -2.99. The van der Waals surface area contributed by atoms with Gasteiger partial charge >= 0.3 is 0 Å². The van der Waals surface area contributed by atoms with Crippen LogP contribution in [0.1, 0.15) is 37.7 Å². The number of rotatable bonds is 6. The Morgan fingerprint density at radius 1 is 1.00 bits per heavy atom. The van der Waals surface area contributed by atoms with E-state index in [0.717, 1.165) is 25.3 Å². The van der Waals surface area contributed by atoms with Gasteiger partial charge in [-0.1, -0.05) is 25.3 Å². The first-order valence-electron chi connectivity index (χ1n) is 10.8. The molecule has 34 heavy (non-hydrogen) atoms. The summed E-state index contributed by atoms with van der Waals surface area (Å²) in [5.74, 6) is -1.53. The average molecular weight is 486 g/mol. The number of anilines is 2. The van der Waals surface area contributed by atoms with E-state index in [1.165, 1.54) is 24.9 Å². The zero-order valence-corrected chi connectivity index (χ0v) is 18.8. The number of aromatic amines is 1. The molecule has 0 radical (unpaired) electrons. The lowest BCUT2D eigenvalue weighted by molar-refractivity contribution is 0.267. The largest absolute Gasteiger partial charge is 0.335 e. The maximum absolute atomic E-state index is 15.8. The van der Waals surface area contributed by atoms with Crippen LogP contribution < -0.4 is 10.0 Å². The summed E-state index contributed by atoms with van der Waals surface area (Å²) in [5, 5.41) is 2.78. The molecule has 176 valence electrons. The van der Waals surface area contributed by atoms with Crippen molar-refractivity contribution in [3.8, 4) is 11.3 Å². The van der Waals surface area contributed by atoms with Crippen LogP contribution in [0.25, 0.3) is 22.4 Å². The Bertz CT molecular complexity index is 1430. The second kappa shape index (κ2) is 9.03. The van der Waals surface area contributed by atoms with E-state index < -0.39 is 33.8 Å². The molecule has 0 aliphatic heterocycles. The topological polar surface area (TPSA) is 126 Å². The number of imidazole rings is 1. The van der Waals surface area contributed by atoms with E-state index in [1.54, 1.807) is 12.1 Å². The van der Waals surface area contributed by atoms with Gasteiger partial charge in [-0.25, -0.2) is 41.9 Å². The van der Waals surface area contributed by atoms with Gasteiger partial charge in [-0.2, -0.15) is 0 Å². The first-order valence-corrected chi connectivity index (χ1v) is 11.9. The fourth-order valence-corrected chi connectivity index (χ4v) is 5.28. The van der Waals surface area contributed by atoms with Gasteiger partial charge in [0.25, 0.3) is 0 Å². The van der Waals surface area contributed by atoms with Crippen molar-refractivity contribution in [2.24, 2.45) is 0 Å². The number of aromatic nitrogens is 5. The van der Waals surface area contributed by atoms with Crippen molar-refractivity contribution in [3.05, 3.63) is 60.3 Å². The van der Waals surface area contributed by atoms with Crippen LogP contribution in [0.2, 0.25) is 0 Å². The lowest BCUT2D eigenvalue weighted by Gasteiger charge is -2.37. The van der Waals surface area contributed by atoms with Crippen molar-refractivity contribution in [3.63, 3.8) is 0 Å². The second-order valence-corrected chi connectivity index (χ2v) is 8.88. The third kappa shape index (κ3) is 3.99. The Balaban J connectivity index is 1.60. The molecule has 1 saturated carbocycles. The summed E-state index contributed by atoms with van der Waals surface area (Å²) in [6, 6.07) is 5.83. The highest BCUT2D eigenvalue weighted by Crippen LogP contribution is 2.41. The molecular weight excluding hydrogens is 464 g/mol. The van der Waals surface area contributed by atoms with Gasteiger partial charge in [0.15, 0.2) is 11.5 Å². The van der Waals surface area contributed by atoms with Crippen molar-refractivity contribution in [1.82, 2.24) is 29.6 Å². The number of benzene rings is 1. The fourth-order valence-electron chi connectivity index (χ4n) is 4.58. The van der Waals surface area contributed by atoms with E-state index in [1.807, 2.05) is 0 Å². The molecule has 0 spiro atoms. The first kappa shape index (κ1) is 22.3. The van der Waals surface area contributed by atoms with Gasteiger partial charge in [-0.05, 0) is 31.0 Å². The van der Waals surface area contributed by atoms with Crippen molar-refractivity contribution in [2.45, 2.75) is 37.6 Å². The van der Waals surface area contributed by atoms with Crippen LogP contribution in [-0.4, -0.2) is 33.3 Å². The molecule has 1 aromatic carbocycles. The molecule has 1 aliphatic rings. The van der Waals surface area contributed by atoms with E-state index in [-0.39, 0.29) is 11.4 Å². The minimum absolute atomic E-state index is 0.101. The summed E-state index contributed by atoms with van der Waals surface area (Å²) < 4.78 is 56.4. The Morgan fingerprint density at radius 2 is 1.82 bits per heavy atom. The van der Waals surface area contributed by atoms with Crippen LogP contribution in [0, 0.1) is 11.6 Å². The maximum atomic E-state index is 15.8. The smallest absolute Gasteiger partial charge is 0.202 e. The highest BCUT2D eigenvalue weighted by Gasteiger charge is 2.38. The third-order valence-electron chi connectivity index (χ3n) is 6.14. The van der Waals surface area contributed by atoms with E-state index in [4.69, 9.17) is 0 Å². The number of nitrogens with zero attached hydrogens (tertiary/aromatic N) is 4. The average Bonchev–Trinajstić information content (AvgIpc) is 3.31. The van der Waals surface area contributed by atoms with Gasteiger partial charge in [0.2, 0.25) is 10.9 Å². The number of hydrogen-bond acceptors (Lipinski definition) is 7. The molecule has 0 bridgehead atoms. The summed E-state index contributed by atoms with van der Waals surface area (Å²) in [6.45, 7) is 0. The molecule has 0 amide bonds. The molecule has 12 heteroatoms. The molecule has 5 rings (SSSR count). The number of hydrogen-bond donors (Lipinski definition) is 4. The maximum Gasteiger partial charge on any atom is 0.202 e. The standard InChI is InChI=1S/C22H21F2N7O2S/c23-15-7-6-14(22(31-34(32)33)8-2-1-3-9-22)16(24)18(15)30-20-13(5-4-10-25-20)17-19-21(28-11-26-17)29-12-27-19/h4-7,10-12,34H,1-3,8-9H2,(H,25,30)(H,31,32,33)(H,26,27,28,29). The molecule has 1 aliphatic carbocycles. The lowest BCUT2D eigenvalue weighted by Crippen LogP contribution is -2.44. The van der Waals surface area contributed by atoms with Crippen LogP contribution in [0.3, 0.4) is 0 Å². The highest BCUT2D eigenvalue weighted by molar-refractivity contribution is 7.70. The molecule has 0 saturated heterocycles. The molecular formula is C22H21F2N7O2S. The third-order valence-corrected chi connectivity index (χ3v) is 6.75. The fraction of sp³-hybridized carbons (Fsp3) is 0.273. The number of H-pyrrole nitrogens is 1. The van der Waals surface area contributed by atoms with Crippen LogP contribution in [0.15, 0.2) is 43.1 Å². The number of halogens is 2. The number of pyridine rings is 1. The van der Waals surface area contributed by atoms with E-state index >= 15 is 4.39 Å². The molecule has 4 aromatic rings. The van der Waals surface area contributed by atoms with Crippen molar-refractivity contribution >= 4 is 33.6 Å². The van der Waals surface area contributed by atoms with Crippen molar-refractivity contribution < 1.29 is 17.2 Å². The van der Waals surface area contributed by atoms with E-state index in [9.17, 15) is 12.8 Å². The molecule has 0 unspecified atom stereocenters. The zero-order valence-electron chi connectivity index (χ0n) is 17.9. The van der Waals surface area contributed by atoms with Crippen LogP contribution >= 0.6 is 0 Å². The summed E-state index contributed by atoms with van der Waals surface area (Å²) >= 11 is 0. The molecule has 0 atom stereocenters. The van der Waals surface area contributed by atoms with Crippen LogP contribution in [-0.2, 0) is 16.4 Å². The zero-order chi connectivity index (χ0) is 23.7. The van der Waals surface area contributed by atoms with Crippen molar-refractivity contribution in [2.75, 3.05) is 5.32 Å². The molecule has 9 nitrogen and oxygen atoms in total. The molecule has 3 aromatic heterocycles. The summed E-state index contributed by atoms with van der Waals surface area (Å²) in [6.07, 6.45) is 7.55. The van der Waals surface area contributed by atoms with Crippen LogP contribution in [0.5, 0.6) is 0 Å². The minimum Gasteiger partial charge on any atom is -0.335 e. The second-order valence-electron chi connectivity index (χ2n) is 8.14. The van der Waals surface area contributed by atoms with Gasteiger partial charge in [0.1, 0.15) is 34.9 Å². The van der Waals surface area contributed by atoms with E-state index in [2.05, 4.69) is 35.0 Å². The van der Waals surface area contributed by atoms with Crippen LogP contribution in [0.4, 0.5) is 20.3 Å². The molecule has 1 fully saturated rings. The summed E-state index contributed by atoms with van der Waals surface area (Å²) in [5.41, 5.74) is 0.464. The van der Waals surface area contributed by atoms with Gasteiger partial charge in [-0.15, -0.1) is 0 Å². The Labute approximate surface area is 195 Å². The quantitative estimate of drug-likeness (QED) is 0.307. The van der Waals surface area contributed by atoms with Gasteiger partial charge in [0.05, 0.1) is 11.9 Å².